The standard InChI is InChI=1S/C20H19N3O4S/c1-12-5-7-14(8-6-12)23-18(24)10-15(19(23)16-4-3-9-28-16)20(25)26-11-17-21-13(2)22-27-17/h3-9,15,19H,10-11H2,1-2H3/t15-,19+/m0/s1. The van der Waals surface area contributed by atoms with Crippen LogP contribution in [0.4, 0.5) is 5.69 Å². The van der Waals surface area contributed by atoms with Gasteiger partial charge in [-0.1, -0.05) is 28.9 Å². The van der Waals surface area contributed by atoms with Crippen LogP contribution in [0.3, 0.4) is 0 Å². The van der Waals surface area contributed by atoms with Gasteiger partial charge in [0.1, 0.15) is 0 Å². The number of aryl methyl sites for hydroxylation is 2. The molecule has 0 aliphatic carbocycles. The number of nitrogens with zero attached hydrogens (tertiary/aromatic N) is 3. The summed E-state index contributed by atoms with van der Waals surface area (Å²) < 4.78 is 10.4. The Morgan fingerprint density at radius 3 is 2.71 bits per heavy atom. The fraction of sp³-hybridized carbons (Fsp3) is 0.300. The molecule has 1 aromatic carbocycles. The highest BCUT2D eigenvalue weighted by molar-refractivity contribution is 7.10. The first-order chi connectivity index (χ1) is 13.5. The van der Waals surface area contributed by atoms with Crippen LogP contribution in [0.2, 0.25) is 0 Å². The minimum absolute atomic E-state index is 0.0954. The zero-order chi connectivity index (χ0) is 19.7. The number of esters is 1. The summed E-state index contributed by atoms with van der Waals surface area (Å²) in [5.41, 5.74) is 1.88. The van der Waals surface area contributed by atoms with E-state index in [1.54, 1.807) is 11.8 Å². The van der Waals surface area contributed by atoms with E-state index >= 15 is 0 Å². The van der Waals surface area contributed by atoms with Crippen LogP contribution in [-0.2, 0) is 20.9 Å². The molecule has 3 aromatic rings. The molecule has 0 radical (unpaired) electrons. The number of benzene rings is 1. The first-order valence-corrected chi connectivity index (χ1v) is 9.79. The third kappa shape index (κ3) is 3.55. The second-order valence-corrected chi connectivity index (χ2v) is 7.69. The van der Waals surface area contributed by atoms with Crippen LogP contribution in [-0.4, -0.2) is 22.0 Å². The highest BCUT2D eigenvalue weighted by Gasteiger charge is 2.46. The van der Waals surface area contributed by atoms with Crippen LogP contribution in [0, 0.1) is 19.8 Å². The van der Waals surface area contributed by atoms with Crippen molar-refractivity contribution >= 4 is 28.9 Å². The molecule has 4 rings (SSSR count). The van der Waals surface area contributed by atoms with E-state index in [2.05, 4.69) is 10.1 Å². The normalized spacial score (nSPS) is 19.2. The molecular weight excluding hydrogens is 378 g/mol. The van der Waals surface area contributed by atoms with Crippen LogP contribution in [0.1, 0.15) is 34.6 Å². The summed E-state index contributed by atoms with van der Waals surface area (Å²) >= 11 is 1.52. The average Bonchev–Trinajstić information content (AvgIpc) is 3.40. The summed E-state index contributed by atoms with van der Waals surface area (Å²) in [6, 6.07) is 11.2. The van der Waals surface area contributed by atoms with Crippen molar-refractivity contribution in [3.63, 3.8) is 0 Å². The van der Waals surface area contributed by atoms with Gasteiger partial charge in [0.2, 0.25) is 5.91 Å². The Balaban J connectivity index is 1.60. The van der Waals surface area contributed by atoms with Gasteiger partial charge in [-0.3, -0.25) is 9.59 Å². The molecule has 0 N–H and O–H groups in total. The summed E-state index contributed by atoms with van der Waals surface area (Å²) in [6.07, 6.45) is 0.0954. The van der Waals surface area contributed by atoms with Crippen molar-refractivity contribution in [1.29, 1.82) is 0 Å². The quantitative estimate of drug-likeness (QED) is 0.612. The number of ether oxygens (including phenoxy) is 1. The molecule has 0 unspecified atom stereocenters. The molecule has 144 valence electrons. The molecule has 2 aromatic heterocycles. The molecule has 2 atom stereocenters. The molecule has 7 nitrogen and oxygen atoms in total. The predicted molar refractivity (Wildman–Crippen MR) is 103 cm³/mol. The van der Waals surface area contributed by atoms with Gasteiger partial charge in [0.25, 0.3) is 5.89 Å². The Kier molecular flexibility index (Phi) is 4.95. The molecule has 3 heterocycles. The summed E-state index contributed by atoms with van der Waals surface area (Å²) in [6.45, 7) is 3.58. The van der Waals surface area contributed by atoms with E-state index < -0.39 is 17.9 Å². The van der Waals surface area contributed by atoms with Crippen LogP contribution in [0.5, 0.6) is 0 Å². The van der Waals surface area contributed by atoms with E-state index in [1.165, 1.54) is 11.3 Å². The van der Waals surface area contributed by atoms with Gasteiger partial charge in [0.05, 0.1) is 12.0 Å². The molecule has 0 bridgehead atoms. The molecule has 8 heteroatoms. The summed E-state index contributed by atoms with van der Waals surface area (Å²) in [5, 5.41) is 5.62. The molecule has 1 fully saturated rings. The minimum Gasteiger partial charge on any atom is -0.455 e. The Morgan fingerprint density at radius 1 is 1.29 bits per heavy atom. The molecule has 1 saturated heterocycles. The fourth-order valence-electron chi connectivity index (χ4n) is 3.38. The Morgan fingerprint density at radius 2 is 2.07 bits per heavy atom. The largest absolute Gasteiger partial charge is 0.455 e. The van der Waals surface area contributed by atoms with Gasteiger partial charge in [-0.05, 0) is 37.4 Å². The number of rotatable bonds is 5. The number of amides is 1. The summed E-state index contributed by atoms with van der Waals surface area (Å²) in [5.74, 6) is -0.436. The third-order valence-electron chi connectivity index (χ3n) is 4.68. The van der Waals surface area contributed by atoms with Gasteiger partial charge in [0.15, 0.2) is 12.4 Å². The molecule has 1 aliphatic heterocycles. The van der Waals surface area contributed by atoms with Gasteiger partial charge in [-0.15, -0.1) is 11.3 Å². The van der Waals surface area contributed by atoms with Crippen LogP contribution in [0.15, 0.2) is 46.3 Å². The Labute approximate surface area is 165 Å². The highest BCUT2D eigenvalue weighted by Crippen LogP contribution is 2.43. The Hall–Kier alpha value is -3.00. The lowest BCUT2D eigenvalue weighted by Crippen LogP contribution is -2.30. The third-order valence-corrected chi connectivity index (χ3v) is 5.62. The molecule has 1 amide bonds. The van der Waals surface area contributed by atoms with Crippen molar-refractivity contribution in [2.75, 3.05) is 4.90 Å². The van der Waals surface area contributed by atoms with Crippen molar-refractivity contribution in [2.45, 2.75) is 32.9 Å². The van der Waals surface area contributed by atoms with Crippen molar-refractivity contribution in [2.24, 2.45) is 5.92 Å². The number of aromatic nitrogens is 2. The molecular formula is C20H19N3O4S. The number of thiophene rings is 1. The number of carbonyl (C=O) groups is 2. The zero-order valence-electron chi connectivity index (χ0n) is 15.5. The van der Waals surface area contributed by atoms with E-state index in [9.17, 15) is 9.59 Å². The summed E-state index contributed by atoms with van der Waals surface area (Å²) in [7, 11) is 0. The maximum absolute atomic E-state index is 12.8. The minimum atomic E-state index is -0.600. The Bertz CT molecular complexity index is 981. The summed E-state index contributed by atoms with van der Waals surface area (Å²) in [4.78, 5) is 32.3. The van der Waals surface area contributed by atoms with Gasteiger partial charge < -0.3 is 14.2 Å². The van der Waals surface area contributed by atoms with Gasteiger partial charge in [-0.25, -0.2) is 0 Å². The lowest BCUT2D eigenvalue weighted by molar-refractivity contribution is -0.151. The van der Waals surface area contributed by atoms with Gasteiger partial charge in [0, 0.05) is 17.0 Å². The van der Waals surface area contributed by atoms with E-state index in [0.29, 0.717) is 5.82 Å². The second-order valence-electron chi connectivity index (χ2n) is 6.71. The topological polar surface area (TPSA) is 85.5 Å². The smallest absolute Gasteiger partial charge is 0.312 e. The second kappa shape index (κ2) is 7.55. The maximum atomic E-state index is 12.8. The maximum Gasteiger partial charge on any atom is 0.312 e. The monoisotopic (exact) mass is 397 g/mol. The number of carbonyl (C=O) groups excluding carboxylic acids is 2. The van der Waals surface area contributed by atoms with Crippen molar-refractivity contribution < 1.29 is 18.8 Å². The lowest BCUT2D eigenvalue weighted by atomic mass is 9.99. The number of hydrogen-bond donors (Lipinski definition) is 0. The highest BCUT2D eigenvalue weighted by atomic mass is 32.1. The fourth-order valence-corrected chi connectivity index (χ4v) is 4.26. The van der Waals surface area contributed by atoms with Crippen LogP contribution in [0.25, 0.3) is 0 Å². The molecule has 1 aliphatic rings. The van der Waals surface area contributed by atoms with Crippen molar-refractivity contribution in [3.05, 3.63) is 63.9 Å². The van der Waals surface area contributed by atoms with E-state index in [1.807, 2.05) is 48.7 Å². The van der Waals surface area contributed by atoms with E-state index in [4.69, 9.17) is 9.26 Å². The van der Waals surface area contributed by atoms with Crippen molar-refractivity contribution in [1.82, 2.24) is 10.1 Å². The SMILES string of the molecule is Cc1ccc(N2C(=O)C[C@H](C(=O)OCc3nc(C)no3)[C@@H]2c2cccs2)cc1. The van der Waals surface area contributed by atoms with E-state index in [-0.39, 0.29) is 24.8 Å². The first kappa shape index (κ1) is 18.4. The van der Waals surface area contributed by atoms with Crippen LogP contribution >= 0.6 is 11.3 Å². The first-order valence-electron chi connectivity index (χ1n) is 8.91. The van der Waals surface area contributed by atoms with Gasteiger partial charge in [-0.2, -0.15) is 4.98 Å². The van der Waals surface area contributed by atoms with Gasteiger partial charge >= 0.3 is 5.97 Å². The number of hydrogen-bond acceptors (Lipinski definition) is 7. The zero-order valence-corrected chi connectivity index (χ0v) is 16.3. The van der Waals surface area contributed by atoms with E-state index in [0.717, 1.165) is 16.1 Å². The van der Waals surface area contributed by atoms with Crippen molar-refractivity contribution in [3.8, 4) is 0 Å². The molecule has 0 spiro atoms. The average molecular weight is 397 g/mol. The molecule has 0 saturated carbocycles. The predicted octanol–water partition coefficient (Wildman–Crippen LogP) is 3.59. The molecule has 28 heavy (non-hydrogen) atoms. The number of anilines is 1. The van der Waals surface area contributed by atoms with Crippen LogP contribution < -0.4 is 4.90 Å². The lowest BCUT2D eigenvalue weighted by Gasteiger charge is -2.27.